The highest BCUT2D eigenvalue weighted by molar-refractivity contribution is 8.04. The Morgan fingerprint density at radius 1 is 0.760 bits per heavy atom. The third-order valence-corrected chi connectivity index (χ3v) is 5.79. The van der Waals surface area contributed by atoms with Crippen LogP contribution < -0.4 is 0 Å². The van der Waals surface area contributed by atoms with Crippen molar-refractivity contribution in [2.24, 2.45) is 0 Å². The van der Waals surface area contributed by atoms with E-state index in [0.717, 1.165) is 12.2 Å². The van der Waals surface area contributed by atoms with Crippen molar-refractivity contribution in [2.45, 2.75) is 71.1 Å². The standard InChI is InChI=1S/C22H30O2S/c1-2-3-4-5-6-7-8-9-10-13-16-25-21-17-20(23)18-14-11-12-15-19(18)22(21)24/h11-12,14-15,17H,2-10,13,16H2,1H3. The molecule has 0 atom stereocenters. The van der Waals surface area contributed by atoms with E-state index in [2.05, 4.69) is 6.92 Å². The van der Waals surface area contributed by atoms with Gasteiger partial charge in [0.25, 0.3) is 0 Å². The molecule has 0 bridgehead atoms. The Balaban J connectivity index is 1.58. The Morgan fingerprint density at radius 3 is 1.96 bits per heavy atom. The monoisotopic (exact) mass is 358 g/mol. The molecule has 0 saturated heterocycles. The number of benzene rings is 1. The van der Waals surface area contributed by atoms with E-state index in [1.54, 1.807) is 30.0 Å². The lowest BCUT2D eigenvalue weighted by molar-refractivity contribution is 0.0991. The second kappa shape index (κ2) is 11.3. The van der Waals surface area contributed by atoms with Crippen LogP contribution in [0.2, 0.25) is 0 Å². The molecule has 0 unspecified atom stereocenters. The van der Waals surface area contributed by atoms with Gasteiger partial charge >= 0.3 is 0 Å². The summed E-state index contributed by atoms with van der Waals surface area (Å²) in [6.45, 7) is 2.25. The fraction of sp³-hybridized carbons (Fsp3) is 0.545. The molecule has 0 amide bonds. The van der Waals surface area contributed by atoms with Crippen LogP contribution in [-0.2, 0) is 0 Å². The summed E-state index contributed by atoms with van der Waals surface area (Å²) in [5.74, 6) is 0.886. The Kier molecular flexibility index (Phi) is 9.03. The Morgan fingerprint density at radius 2 is 1.32 bits per heavy atom. The molecule has 0 spiro atoms. The summed E-state index contributed by atoms with van der Waals surface area (Å²) in [6.07, 6.45) is 14.6. The number of unbranched alkanes of at least 4 members (excludes halogenated alkanes) is 9. The van der Waals surface area contributed by atoms with Gasteiger partial charge in [-0.15, -0.1) is 11.8 Å². The average Bonchev–Trinajstić information content (AvgIpc) is 2.63. The molecule has 1 aliphatic rings. The number of Topliss-reactive ketones (excluding diaryl/α,β-unsaturated/α-hetero) is 1. The van der Waals surface area contributed by atoms with E-state index in [4.69, 9.17) is 0 Å². The molecule has 0 saturated carbocycles. The largest absolute Gasteiger partial charge is 0.289 e. The quantitative estimate of drug-likeness (QED) is 0.395. The maximum atomic E-state index is 12.4. The van der Waals surface area contributed by atoms with E-state index in [0.29, 0.717) is 16.0 Å². The summed E-state index contributed by atoms with van der Waals surface area (Å²) in [5, 5.41) is 0. The molecule has 0 aliphatic heterocycles. The van der Waals surface area contributed by atoms with Crippen molar-refractivity contribution < 1.29 is 9.59 Å². The second-order valence-corrected chi connectivity index (χ2v) is 7.91. The van der Waals surface area contributed by atoms with E-state index in [-0.39, 0.29) is 11.6 Å². The predicted molar refractivity (Wildman–Crippen MR) is 107 cm³/mol. The van der Waals surface area contributed by atoms with Crippen molar-refractivity contribution in [1.29, 1.82) is 0 Å². The second-order valence-electron chi connectivity index (χ2n) is 6.78. The molecule has 0 fully saturated rings. The maximum Gasteiger partial charge on any atom is 0.200 e. The highest BCUT2D eigenvalue weighted by atomic mass is 32.2. The van der Waals surface area contributed by atoms with Crippen molar-refractivity contribution >= 4 is 23.3 Å². The molecule has 2 rings (SSSR count). The molecule has 0 radical (unpaired) electrons. The van der Waals surface area contributed by atoms with Crippen molar-refractivity contribution in [3.8, 4) is 0 Å². The van der Waals surface area contributed by atoms with E-state index in [1.165, 1.54) is 63.9 Å². The van der Waals surface area contributed by atoms with E-state index in [9.17, 15) is 9.59 Å². The van der Waals surface area contributed by atoms with Gasteiger partial charge in [-0.3, -0.25) is 9.59 Å². The van der Waals surface area contributed by atoms with Crippen molar-refractivity contribution in [3.05, 3.63) is 46.4 Å². The summed E-state index contributed by atoms with van der Waals surface area (Å²) < 4.78 is 0. The normalized spacial score (nSPS) is 13.7. The fourth-order valence-corrected chi connectivity index (χ4v) is 4.17. The van der Waals surface area contributed by atoms with Crippen LogP contribution >= 0.6 is 11.8 Å². The van der Waals surface area contributed by atoms with Crippen LogP contribution in [0.5, 0.6) is 0 Å². The number of carbonyl (C=O) groups excluding carboxylic acids is 2. The van der Waals surface area contributed by atoms with Crippen molar-refractivity contribution in [1.82, 2.24) is 0 Å². The highest BCUT2D eigenvalue weighted by Gasteiger charge is 2.24. The van der Waals surface area contributed by atoms with E-state index >= 15 is 0 Å². The van der Waals surface area contributed by atoms with Gasteiger partial charge in [0.05, 0.1) is 4.91 Å². The number of carbonyl (C=O) groups is 2. The Labute approximate surface area is 156 Å². The number of fused-ring (bicyclic) bond motifs is 1. The van der Waals surface area contributed by atoms with Crippen LogP contribution in [-0.4, -0.2) is 17.3 Å². The molecule has 0 aromatic heterocycles. The maximum absolute atomic E-state index is 12.4. The molecule has 136 valence electrons. The summed E-state index contributed by atoms with van der Waals surface area (Å²) in [7, 11) is 0. The van der Waals surface area contributed by atoms with Gasteiger partial charge in [-0.25, -0.2) is 0 Å². The predicted octanol–water partition coefficient (Wildman–Crippen LogP) is 6.60. The third-order valence-electron chi connectivity index (χ3n) is 4.68. The van der Waals surface area contributed by atoms with Crippen LogP contribution in [0.3, 0.4) is 0 Å². The van der Waals surface area contributed by atoms with Gasteiger partial charge in [0.15, 0.2) is 11.6 Å². The van der Waals surface area contributed by atoms with Crippen LogP contribution in [0.1, 0.15) is 91.8 Å². The zero-order valence-corrected chi connectivity index (χ0v) is 16.2. The minimum absolute atomic E-state index is 0.00674. The first-order valence-corrected chi connectivity index (χ1v) is 10.7. The minimum Gasteiger partial charge on any atom is -0.289 e. The zero-order valence-electron chi connectivity index (χ0n) is 15.4. The molecule has 1 aliphatic carbocycles. The first-order valence-electron chi connectivity index (χ1n) is 9.76. The smallest absolute Gasteiger partial charge is 0.200 e. The molecule has 1 aromatic rings. The number of rotatable bonds is 12. The van der Waals surface area contributed by atoms with Crippen molar-refractivity contribution in [2.75, 3.05) is 5.75 Å². The number of thioether (sulfide) groups is 1. The lowest BCUT2D eigenvalue weighted by Gasteiger charge is -2.14. The molecule has 3 heteroatoms. The summed E-state index contributed by atoms with van der Waals surface area (Å²) in [4.78, 5) is 25.1. The van der Waals surface area contributed by atoms with Gasteiger partial charge in [0.1, 0.15) is 0 Å². The topological polar surface area (TPSA) is 34.1 Å². The minimum atomic E-state index is -0.0410. The molecule has 0 N–H and O–H groups in total. The first kappa shape index (κ1) is 20.0. The van der Waals surface area contributed by atoms with Crippen LogP contribution in [0.4, 0.5) is 0 Å². The number of ketones is 2. The highest BCUT2D eigenvalue weighted by Crippen LogP contribution is 2.29. The number of hydrogen-bond donors (Lipinski definition) is 0. The third kappa shape index (κ3) is 6.47. The van der Waals surface area contributed by atoms with Gasteiger partial charge in [-0.1, -0.05) is 89.0 Å². The number of allylic oxidation sites excluding steroid dienone is 2. The lowest BCUT2D eigenvalue weighted by atomic mass is 9.95. The fourth-order valence-electron chi connectivity index (χ4n) is 3.17. The number of hydrogen-bond acceptors (Lipinski definition) is 3. The van der Waals surface area contributed by atoms with Gasteiger partial charge < -0.3 is 0 Å². The van der Waals surface area contributed by atoms with Gasteiger partial charge in [-0.2, -0.15) is 0 Å². The van der Waals surface area contributed by atoms with E-state index < -0.39 is 0 Å². The molecule has 1 aromatic carbocycles. The molecule has 25 heavy (non-hydrogen) atoms. The zero-order chi connectivity index (χ0) is 17.9. The molecular formula is C22H30O2S. The Bertz CT molecular complexity index is 604. The SMILES string of the molecule is CCCCCCCCCCCCSC1=CC(=O)c2ccccc2C1=O. The first-order chi connectivity index (χ1) is 12.2. The van der Waals surface area contributed by atoms with Gasteiger partial charge in [-0.05, 0) is 12.2 Å². The van der Waals surface area contributed by atoms with Gasteiger partial charge in [0.2, 0.25) is 0 Å². The van der Waals surface area contributed by atoms with Crippen molar-refractivity contribution in [3.63, 3.8) is 0 Å². The van der Waals surface area contributed by atoms with Crippen LogP contribution in [0.15, 0.2) is 35.2 Å². The summed E-state index contributed by atoms with van der Waals surface area (Å²) in [6, 6.07) is 7.11. The van der Waals surface area contributed by atoms with Crippen LogP contribution in [0, 0.1) is 0 Å². The summed E-state index contributed by atoms with van der Waals surface area (Å²) >= 11 is 1.54. The van der Waals surface area contributed by atoms with E-state index in [1.807, 2.05) is 6.07 Å². The average molecular weight is 359 g/mol. The summed E-state index contributed by atoms with van der Waals surface area (Å²) in [5.41, 5.74) is 1.09. The van der Waals surface area contributed by atoms with Crippen LogP contribution in [0.25, 0.3) is 0 Å². The molecule has 2 nitrogen and oxygen atoms in total. The van der Waals surface area contributed by atoms with Gasteiger partial charge in [0, 0.05) is 17.2 Å². The molecular weight excluding hydrogens is 328 g/mol. The Hall–Kier alpha value is -1.35. The lowest BCUT2D eigenvalue weighted by Crippen LogP contribution is -2.15. The molecule has 0 heterocycles.